The fourth-order valence-corrected chi connectivity index (χ4v) is 17.0. The number of hydrogen-bond acceptors (Lipinski definition) is 0. The molecule has 0 saturated carbocycles. The molecule has 0 unspecified atom stereocenters. The van der Waals surface area contributed by atoms with Crippen molar-refractivity contribution in [2.75, 3.05) is 0 Å². The fourth-order valence-electron chi connectivity index (χ4n) is 0.790. The molecule has 0 spiro atoms. The molecule has 0 aliphatic rings. The zero-order chi connectivity index (χ0) is 6.57. The molecule has 0 fully saturated rings. The van der Waals surface area contributed by atoms with Gasteiger partial charge in [0.1, 0.15) is 0 Å². The maximum atomic E-state index is 2.58. The summed E-state index contributed by atoms with van der Waals surface area (Å²) < 4.78 is 1.03. The van der Waals surface area contributed by atoms with Gasteiger partial charge >= 0.3 is 85.5 Å². The Kier molecular flexibility index (Phi) is 7.36. The van der Waals surface area contributed by atoms with E-state index in [-0.39, 0.29) is 0 Å². The minimum atomic E-state index is -0.902. The van der Waals surface area contributed by atoms with Crippen LogP contribution in [0.25, 0.3) is 0 Å². The molecule has 0 aliphatic carbocycles. The fraction of sp³-hybridized carbons (Fsp3) is 1.00. The molecule has 0 heterocycles. The number of rotatable bonds is 3. The van der Waals surface area contributed by atoms with Crippen molar-refractivity contribution in [1.82, 2.24) is 0 Å². The summed E-state index contributed by atoms with van der Waals surface area (Å²) in [6.07, 6.45) is 0. The average molecular weight is 390 g/mol. The molecule has 8 heavy (non-hydrogen) atoms. The molecule has 0 nitrogen and oxygen atoms in total. The summed E-state index contributed by atoms with van der Waals surface area (Å²) >= 11 is 4.27. The van der Waals surface area contributed by atoms with E-state index in [2.05, 4.69) is 59.0 Å². The third kappa shape index (κ3) is 3.99. The number of halogens is 2. The summed E-state index contributed by atoms with van der Waals surface area (Å²) in [4.78, 5) is 0. The van der Waals surface area contributed by atoms with E-state index in [1.165, 1.54) is 10.0 Å². The van der Waals surface area contributed by atoms with Crippen molar-refractivity contribution in [1.29, 1.82) is 0 Å². The monoisotopic (exact) mass is 389 g/mol. The van der Waals surface area contributed by atoms with Gasteiger partial charge in [0.2, 0.25) is 0 Å². The van der Waals surface area contributed by atoms with Crippen LogP contribution in [0, 0.1) is 0 Å². The van der Waals surface area contributed by atoms with Crippen LogP contribution in [0.2, 0.25) is 10.0 Å². The molecule has 0 atom stereocenters. The molecule has 0 bridgehead atoms. The van der Waals surface area contributed by atoms with E-state index < -0.39 is 16.0 Å². The molecule has 47 valence electrons. The van der Waals surface area contributed by atoms with Crippen LogP contribution in [0.4, 0.5) is 0 Å². The molecule has 0 aromatic carbocycles. The maximum absolute atomic E-state index is 2.58. The molecule has 0 aromatic rings. The Hall–Kier alpha value is 2.08. The van der Waals surface area contributed by atoms with Crippen molar-refractivity contribution in [3.8, 4) is 0 Å². The first-order valence-corrected chi connectivity index (χ1v) is 11.7. The van der Waals surface area contributed by atoms with Crippen LogP contribution in [0.15, 0.2) is 0 Å². The van der Waals surface area contributed by atoms with E-state index in [1.807, 2.05) is 0 Å². The predicted molar refractivity (Wildman–Crippen MR) is 52.8 cm³/mol. The summed E-state index contributed by atoms with van der Waals surface area (Å²) in [5.41, 5.74) is 0. The Morgan fingerprint density at radius 3 is 1.62 bits per heavy atom. The van der Waals surface area contributed by atoms with Gasteiger partial charge in [-0.2, -0.15) is 0 Å². The van der Waals surface area contributed by atoms with Crippen LogP contribution < -0.4 is 0 Å². The predicted octanol–water partition coefficient (Wildman–Crippen LogP) is 3.63. The first kappa shape index (κ1) is 10.1. The molecular formula is C5H11I2Zn. The van der Waals surface area contributed by atoms with Crippen LogP contribution in [-0.2, 0) is 16.0 Å². The van der Waals surface area contributed by atoms with Crippen molar-refractivity contribution < 1.29 is 16.0 Å². The Labute approximate surface area is 84.4 Å². The zero-order valence-electron chi connectivity index (χ0n) is 5.45. The molecule has 3 heteroatoms. The summed E-state index contributed by atoms with van der Waals surface area (Å²) in [7, 11) is 0. The van der Waals surface area contributed by atoms with Gasteiger partial charge < -0.3 is 0 Å². The van der Waals surface area contributed by atoms with E-state index in [0.717, 1.165) is 0.526 Å². The molecule has 0 N–H and O–H groups in total. The SMILES string of the molecule is C[CH2][Zn]([CH2]C)[CH](I)I. The van der Waals surface area contributed by atoms with E-state index in [9.17, 15) is 0 Å². The molecular weight excluding hydrogens is 379 g/mol. The van der Waals surface area contributed by atoms with Crippen LogP contribution in [-0.4, -0.2) is 0.526 Å². The normalized spacial score (nSPS) is 10.1. The van der Waals surface area contributed by atoms with Gasteiger partial charge in [-0.3, -0.25) is 0 Å². The van der Waals surface area contributed by atoms with Crippen molar-refractivity contribution in [3.05, 3.63) is 0 Å². The average Bonchev–Trinajstić information content (AvgIpc) is 1.69. The van der Waals surface area contributed by atoms with Gasteiger partial charge in [-0.15, -0.1) is 0 Å². The van der Waals surface area contributed by atoms with Crippen molar-refractivity contribution in [2.24, 2.45) is 0 Å². The van der Waals surface area contributed by atoms with Crippen molar-refractivity contribution in [2.45, 2.75) is 24.4 Å². The molecule has 0 radical (unpaired) electrons. The molecule has 0 aromatic heterocycles. The Balaban J connectivity index is 3.35. The van der Waals surface area contributed by atoms with E-state index >= 15 is 0 Å². The van der Waals surface area contributed by atoms with Gasteiger partial charge in [0.25, 0.3) is 0 Å². The Morgan fingerprint density at radius 2 is 1.62 bits per heavy atom. The third-order valence-corrected chi connectivity index (χ3v) is 21.9. The first-order valence-electron chi connectivity index (χ1n) is 3.26. The molecule has 0 saturated heterocycles. The van der Waals surface area contributed by atoms with Gasteiger partial charge in [-0.05, 0) is 0 Å². The van der Waals surface area contributed by atoms with Crippen LogP contribution >= 0.6 is 45.2 Å². The van der Waals surface area contributed by atoms with E-state index in [1.54, 1.807) is 0 Å². The van der Waals surface area contributed by atoms with Gasteiger partial charge in [0, 0.05) is 0 Å². The van der Waals surface area contributed by atoms with E-state index in [4.69, 9.17) is 0 Å². The van der Waals surface area contributed by atoms with Gasteiger partial charge in [-0.25, -0.2) is 0 Å². The number of hydrogen-bond donors (Lipinski definition) is 0. The van der Waals surface area contributed by atoms with Crippen molar-refractivity contribution >= 4 is 45.2 Å². The van der Waals surface area contributed by atoms with Gasteiger partial charge in [0.05, 0.1) is 0 Å². The zero-order valence-corrected chi connectivity index (χ0v) is 12.7. The second-order valence-electron chi connectivity index (χ2n) is 2.32. The summed E-state index contributed by atoms with van der Waals surface area (Å²) in [5.74, 6) is 0. The van der Waals surface area contributed by atoms with Gasteiger partial charge in [0.15, 0.2) is 0 Å². The second-order valence-corrected chi connectivity index (χ2v) is 24.5. The molecule has 0 aliphatic heterocycles. The summed E-state index contributed by atoms with van der Waals surface area (Å²) in [5, 5.41) is 3.07. The number of alkyl halides is 2. The van der Waals surface area contributed by atoms with Crippen molar-refractivity contribution in [3.63, 3.8) is 0 Å². The summed E-state index contributed by atoms with van der Waals surface area (Å²) in [6, 6.07) is 0. The third-order valence-electron chi connectivity index (χ3n) is 1.72. The van der Waals surface area contributed by atoms with Crippen LogP contribution in [0.1, 0.15) is 13.8 Å². The Bertz CT molecular complexity index is 52.4. The first-order chi connectivity index (χ1) is 3.72. The molecule has 0 amide bonds. The molecule has 0 rings (SSSR count). The van der Waals surface area contributed by atoms with Crippen LogP contribution in [0.5, 0.6) is 0 Å². The van der Waals surface area contributed by atoms with Gasteiger partial charge in [-0.1, -0.05) is 0 Å². The topological polar surface area (TPSA) is 0 Å². The minimum absolute atomic E-state index is 0.902. The summed E-state index contributed by atoms with van der Waals surface area (Å²) in [6.45, 7) is 4.71. The van der Waals surface area contributed by atoms with Crippen LogP contribution in [0.3, 0.4) is 0 Å². The standard InChI is InChI=1S/2C2H5.CHI2.Zn/c2*1-2;2-1-3;/h2*1H2,2H3;1H;. The van der Waals surface area contributed by atoms with E-state index in [0.29, 0.717) is 0 Å². The second kappa shape index (κ2) is 5.84. The quantitative estimate of drug-likeness (QED) is 0.392. The Morgan fingerprint density at radius 1 is 1.25 bits per heavy atom.